The Hall–Kier alpha value is -4.39. The lowest BCUT2D eigenvalue weighted by Gasteiger charge is -2.26. The monoisotopic (exact) mass is 499 g/mol. The Morgan fingerprint density at radius 2 is 1.62 bits per heavy atom. The Bertz CT molecular complexity index is 1400. The number of nitrogens with zero attached hydrogens (tertiary/aromatic N) is 1. The van der Waals surface area contributed by atoms with Crippen molar-refractivity contribution in [2.45, 2.75) is 46.8 Å². The average Bonchev–Trinajstić information content (AvgIpc) is 3.10. The maximum atomic E-state index is 13.4. The molecule has 1 heterocycles. The van der Waals surface area contributed by atoms with Crippen molar-refractivity contribution in [1.29, 1.82) is 0 Å². The smallest absolute Gasteiger partial charge is 0.308 e. The zero-order valence-corrected chi connectivity index (χ0v) is 21.4. The molecule has 3 aromatic rings. The third-order valence-corrected chi connectivity index (χ3v) is 6.15. The van der Waals surface area contributed by atoms with Crippen molar-refractivity contribution < 1.29 is 29.0 Å². The molecule has 1 aliphatic rings. The van der Waals surface area contributed by atoms with Crippen molar-refractivity contribution in [2.75, 3.05) is 4.90 Å². The molecule has 190 valence electrons. The molecule has 0 saturated carbocycles. The van der Waals surface area contributed by atoms with Gasteiger partial charge in [-0.25, -0.2) is 0 Å². The number of aryl methyl sites for hydroxylation is 2. The van der Waals surface area contributed by atoms with Gasteiger partial charge in [-0.05, 0) is 80.8 Å². The van der Waals surface area contributed by atoms with Gasteiger partial charge in [-0.2, -0.15) is 0 Å². The van der Waals surface area contributed by atoms with Crippen LogP contribution in [0.25, 0.3) is 5.76 Å². The number of hydrogen-bond acceptors (Lipinski definition) is 6. The second-order valence-electron chi connectivity index (χ2n) is 9.29. The van der Waals surface area contributed by atoms with Gasteiger partial charge in [0.2, 0.25) is 0 Å². The molecule has 7 nitrogen and oxygen atoms in total. The van der Waals surface area contributed by atoms with E-state index in [0.29, 0.717) is 28.3 Å². The van der Waals surface area contributed by atoms with Crippen molar-refractivity contribution in [1.82, 2.24) is 0 Å². The number of rotatable bonds is 6. The highest BCUT2D eigenvalue weighted by Gasteiger charge is 2.47. The van der Waals surface area contributed by atoms with E-state index in [9.17, 15) is 19.5 Å². The predicted molar refractivity (Wildman–Crippen MR) is 141 cm³/mol. The Balaban J connectivity index is 1.89. The molecule has 0 aliphatic carbocycles. The summed E-state index contributed by atoms with van der Waals surface area (Å²) in [7, 11) is 0. The van der Waals surface area contributed by atoms with Gasteiger partial charge in [0.15, 0.2) is 0 Å². The van der Waals surface area contributed by atoms with Crippen LogP contribution in [0.4, 0.5) is 5.69 Å². The molecule has 1 saturated heterocycles. The second kappa shape index (κ2) is 10.3. The number of carbonyl (C=O) groups excluding carboxylic acids is 3. The van der Waals surface area contributed by atoms with E-state index in [4.69, 9.17) is 9.47 Å². The summed E-state index contributed by atoms with van der Waals surface area (Å²) in [4.78, 5) is 39.6. The first kappa shape index (κ1) is 25.7. The van der Waals surface area contributed by atoms with Gasteiger partial charge in [0.05, 0.1) is 17.7 Å². The fourth-order valence-electron chi connectivity index (χ4n) is 4.32. The van der Waals surface area contributed by atoms with Gasteiger partial charge in [-0.3, -0.25) is 19.3 Å². The predicted octanol–water partition coefficient (Wildman–Crippen LogP) is 5.64. The first-order valence-corrected chi connectivity index (χ1v) is 12.0. The highest BCUT2D eigenvalue weighted by atomic mass is 16.5. The summed E-state index contributed by atoms with van der Waals surface area (Å²) in [6.07, 6.45) is -0.0801. The Morgan fingerprint density at radius 1 is 0.919 bits per heavy atom. The maximum Gasteiger partial charge on any atom is 0.308 e. The van der Waals surface area contributed by atoms with Crippen LogP contribution in [0.15, 0.2) is 72.3 Å². The molecular formula is C30H29NO6. The van der Waals surface area contributed by atoms with Crippen molar-refractivity contribution >= 4 is 29.1 Å². The molecule has 7 heteroatoms. The lowest BCUT2D eigenvalue weighted by molar-refractivity contribution is -0.132. The van der Waals surface area contributed by atoms with E-state index < -0.39 is 23.7 Å². The van der Waals surface area contributed by atoms with Crippen LogP contribution in [-0.2, 0) is 14.4 Å². The van der Waals surface area contributed by atoms with E-state index >= 15 is 0 Å². The van der Waals surface area contributed by atoms with Crippen LogP contribution in [0.1, 0.15) is 49.1 Å². The molecule has 0 spiro atoms. The number of aliphatic hydroxyl groups excluding tert-OH is 1. The van der Waals surface area contributed by atoms with E-state index in [0.717, 1.165) is 11.1 Å². The summed E-state index contributed by atoms with van der Waals surface area (Å²) >= 11 is 0. The molecule has 1 fully saturated rings. The molecule has 1 unspecified atom stereocenters. The van der Waals surface area contributed by atoms with E-state index in [-0.39, 0.29) is 17.4 Å². The molecule has 0 radical (unpaired) electrons. The zero-order chi connectivity index (χ0) is 26.9. The van der Waals surface area contributed by atoms with Crippen LogP contribution in [0, 0.1) is 13.8 Å². The summed E-state index contributed by atoms with van der Waals surface area (Å²) in [5.74, 6) is -1.43. The Labute approximate surface area is 215 Å². The Kier molecular flexibility index (Phi) is 7.16. The minimum absolute atomic E-state index is 0.0369. The lowest BCUT2D eigenvalue weighted by Crippen LogP contribution is -2.29. The summed E-state index contributed by atoms with van der Waals surface area (Å²) < 4.78 is 10.9. The minimum atomic E-state index is -0.900. The number of ketones is 1. The molecule has 37 heavy (non-hydrogen) atoms. The van der Waals surface area contributed by atoms with Crippen molar-refractivity contribution in [2.24, 2.45) is 0 Å². The standard InChI is InChI=1S/C30H29NO6/c1-17(2)36-25-8-6-7-22(16-25)28(33)26-27(21-10-13-24(14-11-21)37-20(5)32)31(30(35)29(26)34)23-12-9-18(3)19(4)15-23/h6-17,27,33H,1-5H3/b28-26+. The van der Waals surface area contributed by atoms with E-state index in [2.05, 4.69) is 0 Å². The highest BCUT2D eigenvalue weighted by Crippen LogP contribution is 2.43. The molecular weight excluding hydrogens is 470 g/mol. The largest absolute Gasteiger partial charge is 0.507 e. The molecule has 1 N–H and O–H groups in total. The SMILES string of the molecule is CC(=O)Oc1ccc(C2/C(=C(\O)c3cccc(OC(C)C)c3)C(=O)C(=O)N2c2ccc(C)c(C)c2)cc1. The van der Waals surface area contributed by atoms with Crippen LogP contribution in [0.2, 0.25) is 0 Å². The average molecular weight is 500 g/mol. The summed E-state index contributed by atoms with van der Waals surface area (Å²) in [6, 6.07) is 17.9. The number of Topliss-reactive ketones (excluding diaryl/α,β-unsaturated/α-hetero) is 1. The molecule has 1 aliphatic heterocycles. The van der Waals surface area contributed by atoms with Crippen LogP contribution >= 0.6 is 0 Å². The third-order valence-electron chi connectivity index (χ3n) is 6.15. The quantitative estimate of drug-likeness (QED) is 0.155. The minimum Gasteiger partial charge on any atom is -0.507 e. The number of anilines is 1. The normalized spacial score (nSPS) is 16.8. The van der Waals surface area contributed by atoms with Crippen LogP contribution in [0.5, 0.6) is 11.5 Å². The van der Waals surface area contributed by atoms with Gasteiger partial charge in [-0.1, -0.05) is 30.3 Å². The second-order valence-corrected chi connectivity index (χ2v) is 9.29. The van der Waals surface area contributed by atoms with Gasteiger partial charge >= 0.3 is 5.97 Å². The highest BCUT2D eigenvalue weighted by molar-refractivity contribution is 6.51. The molecule has 1 amide bonds. The number of hydrogen-bond donors (Lipinski definition) is 1. The fourth-order valence-corrected chi connectivity index (χ4v) is 4.32. The van der Waals surface area contributed by atoms with E-state index in [1.165, 1.54) is 11.8 Å². The molecule has 0 aromatic heterocycles. The van der Waals surface area contributed by atoms with Gasteiger partial charge in [0.1, 0.15) is 17.3 Å². The van der Waals surface area contributed by atoms with Crippen molar-refractivity contribution in [3.63, 3.8) is 0 Å². The van der Waals surface area contributed by atoms with Gasteiger partial charge in [0, 0.05) is 18.2 Å². The number of aliphatic hydroxyl groups is 1. The first-order valence-electron chi connectivity index (χ1n) is 12.0. The number of carbonyl (C=O) groups is 3. The van der Waals surface area contributed by atoms with Gasteiger partial charge in [0.25, 0.3) is 11.7 Å². The molecule has 4 rings (SSSR count). The zero-order valence-electron chi connectivity index (χ0n) is 21.4. The summed E-state index contributed by atoms with van der Waals surface area (Å²) in [6.45, 7) is 8.98. The maximum absolute atomic E-state index is 13.4. The summed E-state index contributed by atoms with van der Waals surface area (Å²) in [5, 5.41) is 11.4. The van der Waals surface area contributed by atoms with Crippen LogP contribution in [0.3, 0.4) is 0 Å². The first-order chi connectivity index (χ1) is 17.6. The van der Waals surface area contributed by atoms with Crippen LogP contribution in [-0.4, -0.2) is 28.9 Å². The van der Waals surface area contributed by atoms with Gasteiger partial charge < -0.3 is 14.6 Å². The van der Waals surface area contributed by atoms with Crippen LogP contribution < -0.4 is 14.4 Å². The summed E-state index contributed by atoms with van der Waals surface area (Å²) in [5.41, 5.74) is 3.44. The Morgan fingerprint density at radius 3 is 2.24 bits per heavy atom. The molecule has 1 atom stereocenters. The number of amides is 1. The molecule has 0 bridgehead atoms. The third kappa shape index (κ3) is 5.26. The number of esters is 1. The number of benzene rings is 3. The topological polar surface area (TPSA) is 93.1 Å². The lowest BCUT2D eigenvalue weighted by atomic mass is 9.95. The van der Waals surface area contributed by atoms with E-state index in [1.54, 1.807) is 54.6 Å². The van der Waals surface area contributed by atoms with Crippen molar-refractivity contribution in [3.05, 3.63) is 94.6 Å². The fraction of sp³-hybridized carbons (Fsp3) is 0.233. The van der Waals surface area contributed by atoms with E-state index in [1.807, 2.05) is 39.8 Å². The number of ether oxygens (including phenoxy) is 2. The molecule has 3 aromatic carbocycles. The van der Waals surface area contributed by atoms with Gasteiger partial charge in [-0.15, -0.1) is 0 Å². The van der Waals surface area contributed by atoms with Crippen molar-refractivity contribution in [3.8, 4) is 11.5 Å².